The average Bonchev–Trinajstić information content (AvgIpc) is 2.79. The first-order chi connectivity index (χ1) is 8.24. The molecule has 0 aliphatic carbocycles. The van der Waals surface area contributed by atoms with Gasteiger partial charge in [-0.05, 0) is 50.0 Å². The number of carbonyl (C=O) groups is 1. The fourth-order valence-electron chi connectivity index (χ4n) is 2.02. The fraction of sp³-hybridized carbons (Fsp3) is 0.462. The molecular weight excluding hydrogens is 250 g/mol. The van der Waals surface area contributed by atoms with Crippen molar-refractivity contribution in [3.63, 3.8) is 0 Å². The van der Waals surface area contributed by atoms with E-state index in [0.717, 1.165) is 37.3 Å². The second-order valence-electron chi connectivity index (χ2n) is 4.56. The summed E-state index contributed by atoms with van der Waals surface area (Å²) >= 11 is 0. The summed E-state index contributed by atoms with van der Waals surface area (Å²) in [4.78, 5) is 11.6. The third kappa shape index (κ3) is 4.55. The minimum absolute atomic E-state index is 0. The first-order valence-corrected chi connectivity index (χ1v) is 6.06. The molecule has 0 saturated carbocycles. The molecule has 1 aromatic carbocycles. The van der Waals surface area contributed by atoms with Gasteiger partial charge in [0.25, 0.3) is 0 Å². The van der Waals surface area contributed by atoms with E-state index in [0.29, 0.717) is 5.92 Å². The summed E-state index contributed by atoms with van der Waals surface area (Å²) in [5, 5.41) is 9.02. The summed E-state index contributed by atoms with van der Waals surface area (Å²) < 4.78 is 0. The number of benzene rings is 1. The monoisotopic (exact) mass is 269 g/mol. The number of anilines is 1. The van der Waals surface area contributed by atoms with Gasteiger partial charge in [-0.2, -0.15) is 0 Å². The van der Waals surface area contributed by atoms with Gasteiger partial charge >= 0.3 is 6.03 Å². The van der Waals surface area contributed by atoms with E-state index in [4.69, 9.17) is 0 Å². The van der Waals surface area contributed by atoms with Gasteiger partial charge in [0, 0.05) is 12.2 Å². The van der Waals surface area contributed by atoms with Crippen molar-refractivity contribution in [2.24, 2.45) is 5.92 Å². The first kappa shape index (κ1) is 14.8. The molecule has 1 aromatic rings. The second-order valence-corrected chi connectivity index (χ2v) is 4.56. The number of urea groups is 1. The summed E-state index contributed by atoms with van der Waals surface area (Å²) in [5.41, 5.74) is 1.98. The standard InChI is InChI=1S/C13H19N3O.ClH/c1-10-3-2-4-12(7-10)16-13(17)15-9-11-5-6-14-8-11;/h2-4,7,11,14H,5-6,8-9H2,1H3,(H2,15,16,17);1H. The van der Waals surface area contributed by atoms with Crippen molar-refractivity contribution < 1.29 is 4.79 Å². The Morgan fingerprint density at radius 3 is 3.00 bits per heavy atom. The Morgan fingerprint density at radius 1 is 1.50 bits per heavy atom. The Kier molecular flexibility index (Phi) is 5.95. The quantitative estimate of drug-likeness (QED) is 0.788. The maximum absolute atomic E-state index is 11.6. The molecule has 5 heteroatoms. The summed E-state index contributed by atoms with van der Waals surface area (Å²) in [6.07, 6.45) is 1.14. The molecule has 1 unspecified atom stereocenters. The van der Waals surface area contributed by atoms with E-state index in [2.05, 4.69) is 16.0 Å². The van der Waals surface area contributed by atoms with Crippen molar-refractivity contribution in [2.45, 2.75) is 13.3 Å². The van der Waals surface area contributed by atoms with Gasteiger partial charge in [0.1, 0.15) is 0 Å². The highest BCUT2D eigenvalue weighted by Gasteiger charge is 2.14. The van der Waals surface area contributed by atoms with Crippen LogP contribution in [0.2, 0.25) is 0 Å². The van der Waals surface area contributed by atoms with E-state index in [-0.39, 0.29) is 18.4 Å². The topological polar surface area (TPSA) is 53.2 Å². The van der Waals surface area contributed by atoms with E-state index in [1.165, 1.54) is 0 Å². The highest BCUT2D eigenvalue weighted by molar-refractivity contribution is 5.89. The van der Waals surface area contributed by atoms with E-state index in [1.54, 1.807) is 0 Å². The molecule has 1 atom stereocenters. The third-order valence-electron chi connectivity index (χ3n) is 2.99. The Bertz CT molecular complexity index is 392. The highest BCUT2D eigenvalue weighted by Crippen LogP contribution is 2.09. The molecule has 1 aliphatic heterocycles. The van der Waals surface area contributed by atoms with E-state index < -0.39 is 0 Å². The molecule has 0 radical (unpaired) electrons. The van der Waals surface area contributed by atoms with Crippen molar-refractivity contribution in [1.29, 1.82) is 0 Å². The number of hydrogen-bond acceptors (Lipinski definition) is 2. The molecule has 4 nitrogen and oxygen atoms in total. The minimum Gasteiger partial charge on any atom is -0.338 e. The van der Waals surface area contributed by atoms with Gasteiger partial charge in [0.2, 0.25) is 0 Å². The van der Waals surface area contributed by atoms with Crippen molar-refractivity contribution in [3.8, 4) is 0 Å². The van der Waals surface area contributed by atoms with Gasteiger partial charge in [-0.25, -0.2) is 4.79 Å². The van der Waals surface area contributed by atoms with Crippen molar-refractivity contribution in [3.05, 3.63) is 29.8 Å². The second kappa shape index (κ2) is 7.24. The lowest BCUT2D eigenvalue weighted by Gasteiger charge is -2.11. The molecule has 0 bridgehead atoms. The van der Waals surface area contributed by atoms with Gasteiger partial charge < -0.3 is 16.0 Å². The molecule has 1 fully saturated rings. The molecule has 2 amide bonds. The number of aryl methyl sites for hydroxylation is 1. The number of hydrogen-bond donors (Lipinski definition) is 3. The zero-order valence-electron chi connectivity index (χ0n) is 10.5. The molecule has 18 heavy (non-hydrogen) atoms. The molecule has 1 aliphatic rings. The Morgan fingerprint density at radius 2 is 2.33 bits per heavy atom. The van der Waals surface area contributed by atoms with Crippen molar-refractivity contribution >= 4 is 24.1 Å². The average molecular weight is 270 g/mol. The molecule has 100 valence electrons. The van der Waals surface area contributed by atoms with E-state index >= 15 is 0 Å². The molecule has 0 spiro atoms. The highest BCUT2D eigenvalue weighted by atomic mass is 35.5. The van der Waals surface area contributed by atoms with Gasteiger partial charge in [-0.1, -0.05) is 12.1 Å². The van der Waals surface area contributed by atoms with Crippen LogP contribution in [-0.4, -0.2) is 25.7 Å². The van der Waals surface area contributed by atoms with E-state index in [9.17, 15) is 4.79 Å². The van der Waals surface area contributed by atoms with Crippen LogP contribution in [0, 0.1) is 12.8 Å². The van der Waals surface area contributed by atoms with Crippen LogP contribution in [0.25, 0.3) is 0 Å². The Hall–Kier alpha value is -1.26. The summed E-state index contributed by atoms with van der Waals surface area (Å²) in [6.45, 7) is 4.81. The molecule has 3 N–H and O–H groups in total. The molecule has 1 heterocycles. The molecule has 2 rings (SSSR count). The Balaban J connectivity index is 0.00000162. The number of amides is 2. The van der Waals surface area contributed by atoms with Crippen LogP contribution in [-0.2, 0) is 0 Å². The first-order valence-electron chi connectivity index (χ1n) is 6.06. The lowest BCUT2D eigenvalue weighted by atomic mass is 10.1. The maximum Gasteiger partial charge on any atom is 0.319 e. The van der Waals surface area contributed by atoms with Gasteiger partial charge in [-0.15, -0.1) is 12.4 Å². The van der Waals surface area contributed by atoms with Crippen LogP contribution in [0.1, 0.15) is 12.0 Å². The molecule has 0 aromatic heterocycles. The van der Waals surface area contributed by atoms with Crippen LogP contribution in [0.3, 0.4) is 0 Å². The van der Waals surface area contributed by atoms with Gasteiger partial charge in [0.05, 0.1) is 0 Å². The van der Waals surface area contributed by atoms with Crippen LogP contribution in [0.5, 0.6) is 0 Å². The fourth-order valence-corrected chi connectivity index (χ4v) is 2.02. The van der Waals surface area contributed by atoms with Crippen LogP contribution < -0.4 is 16.0 Å². The zero-order chi connectivity index (χ0) is 12.1. The van der Waals surface area contributed by atoms with Crippen molar-refractivity contribution in [2.75, 3.05) is 25.0 Å². The summed E-state index contributed by atoms with van der Waals surface area (Å²) in [5.74, 6) is 0.568. The predicted molar refractivity (Wildman–Crippen MR) is 76.4 cm³/mol. The molecular formula is C13H20ClN3O. The molecule has 1 saturated heterocycles. The lowest BCUT2D eigenvalue weighted by Crippen LogP contribution is -2.33. The van der Waals surface area contributed by atoms with Crippen LogP contribution in [0.4, 0.5) is 10.5 Å². The maximum atomic E-state index is 11.6. The summed E-state index contributed by atoms with van der Waals surface area (Å²) in [6, 6.07) is 7.67. The Labute approximate surface area is 114 Å². The lowest BCUT2D eigenvalue weighted by molar-refractivity contribution is 0.250. The number of carbonyl (C=O) groups excluding carboxylic acids is 1. The number of halogens is 1. The van der Waals surface area contributed by atoms with Gasteiger partial charge in [-0.3, -0.25) is 0 Å². The van der Waals surface area contributed by atoms with Gasteiger partial charge in [0.15, 0.2) is 0 Å². The normalized spacial score (nSPS) is 17.9. The SMILES string of the molecule is Cc1cccc(NC(=O)NCC2CCNC2)c1.Cl. The number of nitrogens with one attached hydrogen (secondary N) is 3. The van der Waals surface area contributed by atoms with Crippen LogP contribution in [0.15, 0.2) is 24.3 Å². The largest absolute Gasteiger partial charge is 0.338 e. The zero-order valence-corrected chi connectivity index (χ0v) is 11.3. The third-order valence-corrected chi connectivity index (χ3v) is 2.99. The number of rotatable bonds is 3. The van der Waals surface area contributed by atoms with Crippen molar-refractivity contribution in [1.82, 2.24) is 10.6 Å². The van der Waals surface area contributed by atoms with Crippen LogP contribution >= 0.6 is 12.4 Å². The smallest absolute Gasteiger partial charge is 0.319 e. The summed E-state index contributed by atoms with van der Waals surface area (Å²) in [7, 11) is 0. The van der Waals surface area contributed by atoms with E-state index in [1.807, 2.05) is 31.2 Å². The predicted octanol–water partition coefficient (Wildman–Crippen LogP) is 2.15. The minimum atomic E-state index is -0.123.